The molecule has 1 atom stereocenters. The molecule has 11 heteroatoms. The molecule has 0 bridgehead atoms. The number of benzene rings is 1. The first-order chi connectivity index (χ1) is 16.4. The van der Waals surface area contributed by atoms with Crippen LogP contribution in [0.15, 0.2) is 54.7 Å². The largest absolute Gasteiger partial charge is 0.351 e. The molecule has 1 N–H and O–H groups in total. The second-order valence-electron chi connectivity index (χ2n) is 8.02. The number of halogens is 3. The average Bonchev–Trinajstić information content (AvgIpc) is 3.39. The summed E-state index contributed by atoms with van der Waals surface area (Å²) in [5.41, 5.74) is 3.48. The van der Waals surface area contributed by atoms with Gasteiger partial charge in [0.05, 0.1) is 10.4 Å². The Morgan fingerprint density at radius 2 is 1.79 bits per heavy atom. The molecule has 2 heterocycles. The molecule has 34 heavy (non-hydrogen) atoms. The van der Waals surface area contributed by atoms with Gasteiger partial charge in [-0.1, -0.05) is 12.1 Å². The van der Waals surface area contributed by atoms with Gasteiger partial charge in [-0.25, -0.2) is 18.7 Å². The SMILES string of the molecule is O=C(NC1CCC(F)(F)CC1)C(c1cncnc1)N(C(=O)CCl)c1ccc(-c2cncs2)cc1. The molecule has 2 amide bonds. The molecular formula is C23H22ClF2N5O2S. The Morgan fingerprint density at radius 3 is 2.38 bits per heavy atom. The lowest BCUT2D eigenvalue weighted by molar-refractivity contribution is -0.127. The van der Waals surface area contributed by atoms with Crippen molar-refractivity contribution in [2.24, 2.45) is 0 Å². The molecule has 178 valence electrons. The van der Waals surface area contributed by atoms with Crippen LogP contribution < -0.4 is 10.2 Å². The van der Waals surface area contributed by atoms with Crippen molar-refractivity contribution in [3.05, 3.63) is 60.3 Å². The Labute approximate surface area is 204 Å². The Morgan fingerprint density at radius 1 is 1.12 bits per heavy atom. The van der Waals surface area contributed by atoms with Gasteiger partial charge in [-0.3, -0.25) is 19.5 Å². The van der Waals surface area contributed by atoms with E-state index < -0.39 is 29.8 Å². The fourth-order valence-corrected chi connectivity index (χ4v) is 4.74. The van der Waals surface area contributed by atoms with Gasteiger partial charge in [0.25, 0.3) is 0 Å². The number of rotatable bonds is 7. The minimum absolute atomic E-state index is 0.156. The van der Waals surface area contributed by atoms with Crippen molar-refractivity contribution in [2.45, 2.75) is 43.7 Å². The lowest BCUT2D eigenvalue weighted by Crippen LogP contribution is -2.48. The highest BCUT2D eigenvalue weighted by molar-refractivity contribution is 7.13. The van der Waals surface area contributed by atoms with Gasteiger partial charge in [0, 0.05) is 48.7 Å². The monoisotopic (exact) mass is 505 g/mol. The van der Waals surface area contributed by atoms with Gasteiger partial charge in [0.1, 0.15) is 18.2 Å². The molecule has 0 radical (unpaired) electrons. The van der Waals surface area contributed by atoms with Crippen molar-refractivity contribution in [2.75, 3.05) is 10.8 Å². The van der Waals surface area contributed by atoms with Crippen LogP contribution in [-0.4, -0.2) is 44.6 Å². The normalized spacial score (nSPS) is 16.6. The summed E-state index contributed by atoms with van der Waals surface area (Å²) < 4.78 is 27.1. The fourth-order valence-electron chi connectivity index (χ4n) is 3.98. The van der Waals surface area contributed by atoms with E-state index in [-0.39, 0.29) is 31.6 Å². The van der Waals surface area contributed by atoms with E-state index >= 15 is 0 Å². The molecule has 0 aliphatic heterocycles. The van der Waals surface area contributed by atoms with E-state index in [9.17, 15) is 18.4 Å². The molecule has 7 nitrogen and oxygen atoms in total. The number of nitrogens with one attached hydrogen (secondary N) is 1. The summed E-state index contributed by atoms with van der Waals surface area (Å²) in [4.78, 5) is 40.8. The highest BCUT2D eigenvalue weighted by Crippen LogP contribution is 2.34. The van der Waals surface area contributed by atoms with Crippen molar-refractivity contribution >= 4 is 40.4 Å². The summed E-state index contributed by atoms with van der Waals surface area (Å²) in [6, 6.07) is 5.58. The van der Waals surface area contributed by atoms with Crippen LogP contribution in [0.4, 0.5) is 14.5 Å². The average molecular weight is 506 g/mol. The zero-order chi connectivity index (χ0) is 24.1. The van der Waals surface area contributed by atoms with E-state index in [2.05, 4.69) is 20.3 Å². The summed E-state index contributed by atoms with van der Waals surface area (Å²) in [5.74, 6) is -4.07. The van der Waals surface area contributed by atoms with Gasteiger partial charge in [-0.05, 0) is 30.5 Å². The van der Waals surface area contributed by atoms with Gasteiger partial charge >= 0.3 is 0 Å². The summed E-state index contributed by atoms with van der Waals surface area (Å²) in [6.45, 7) is 0. The smallest absolute Gasteiger partial charge is 0.248 e. The van der Waals surface area contributed by atoms with Crippen LogP contribution in [0.2, 0.25) is 0 Å². The molecule has 1 aliphatic carbocycles. The first-order valence-electron chi connectivity index (χ1n) is 10.7. The van der Waals surface area contributed by atoms with Gasteiger partial charge < -0.3 is 5.32 Å². The van der Waals surface area contributed by atoms with Crippen LogP contribution in [0.3, 0.4) is 0 Å². The van der Waals surface area contributed by atoms with E-state index in [1.54, 1.807) is 23.8 Å². The van der Waals surface area contributed by atoms with Crippen molar-refractivity contribution in [1.29, 1.82) is 0 Å². The van der Waals surface area contributed by atoms with E-state index in [0.29, 0.717) is 11.3 Å². The third-order valence-electron chi connectivity index (χ3n) is 5.71. The zero-order valence-corrected chi connectivity index (χ0v) is 19.6. The van der Waals surface area contributed by atoms with Crippen LogP contribution in [0.5, 0.6) is 0 Å². The van der Waals surface area contributed by atoms with Crippen LogP contribution >= 0.6 is 22.9 Å². The number of amides is 2. The molecule has 0 spiro atoms. The maximum Gasteiger partial charge on any atom is 0.248 e. The second kappa shape index (κ2) is 10.5. The van der Waals surface area contributed by atoms with E-state index in [0.717, 1.165) is 10.4 Å². The summed E-state index contributed by atoms with van der Waals surface area (Å²) in [6.07, 6.45) is 5.69. The number of carbonyl (C=O) groups excluding carboxylic acids is 2. The quantitative estimate of drug-likeness (QED) is 0.474. The Kier molecular flexibility index (Phi) is 7.47. The first kappa shape index (κ1) is 24.2. The lowest BCUT2D eigenvalue weighted by atomic mass is 9.92. The Hall–Kier alpha value is -2.98. The van der Waals surface area contributed by atoms with Crippen molar-refractivity contribution < 1.29 is 18.4 Å². The van der Waals surface area contributed by atoms with Crippen molar-refractivity contribution in [3.63, 3.8) is 0 Å². The van der Waals surface area contributed by atoms with E-state index in [1.165, 1.54) is 35.0 Å². The first-order valence-corrected chi connectivity index (χ1v) is 12.1. The topological polar surface area (TPSA) is 88.1 Å². The molecule has 1 saturated carbocycles. The maximum absolute atomic E-state index is 13.6. The molecule has 2 aromatic heterocycles. The third-order valence-corrected chi connectivity index (χ3v) is 6.76. The van der Waals surface area contributed by atoms with Gasteiger partial charge in [-0.15, -0.1) is 22.9 Å². The molecular weight excluding hydrogens is 484 g/mol. The fraction of sp³-hybridized carbons (Fsp3) is 0.348. The minimum Gasteiger partial charge on any atom is -0.351 e. The Balaban J connectivity index is 1.65. The van der Waals surface area contributed by atoms with E-state index in [1.807, 2.05) is 12.1 Å². The third kappa shape index (κ3) is 5.56. The number of hydrogen-bond acceptors (Lipinski definition) is 6. The highest BCUT2D eigenvalue weighted by Gasteiger charge is 2.38. The van der Waals surface area contributed by atoms with Crippen molar-refractivity contribution in [3.8, 4) is 10.4 Å². The van der Waals surface area contributed by atoms with E-state index in [4.69, 9.17) is 11.6 Å². The minimum atomic E-state index is -2.71. The van der Waals surface area contributed by atoms with Crippen molar-refractivity contribution in [1.82, 2.24) is 20.3 Å². The molecule has 0 saturated heterocycles. The summed E-state index contributed by atoms with van der Waals surface area (Å²) >= 11 is 7.41. The predicted octanol–water partition coefficient (Wildman–Crippen LogP) is 4.61. The summed E-state index contributed by atoms with van der Waals surface area (Å²) in [5, 5.41) is 2.85. The van der Waals surface area contributed by atoms with Crippen LogP contribution in [0.1, 0.15) is 37.3 Å². The second-order valence-corrected chi connectivity index (χ2v) is 9.18. The molecule has 4 rings (SSSR count). The number of anilines is 1. The molecule has 3 aromatic rings. The van der Waals surface area contributed by atoms with Gasteiger partial charge in [0.2, 0.25) is 17.7 Å². The zero-order valence-electron chi connectivity index (χ0n) is 18.0. The summed E-state index contributed by atoms with van der Waals surface area (Å²) in [7, 11) is 0. The maximum atomic E-state index is 13.6. The number of hydrogen-bond donors (Lipinski definition) is 1. The molecule has 1 aliphatic rings. The molecule has 1 fully saturated rings. The highest BCUT2D eigenvalue weighted by atomic mass is 35.5. The van der Waals surface area contributed by atoms with Crippen LogP contribution in [-0.2, 0) is 9.59 Å². The van der Waals surface area contributed by atoms with Gasteiger partial charge in [-0.2, -0.15) is 0 Å². The standard InChI is InChI=1S/C23H22ClF2N5O2S/c24-9-20(32)31(18-3-1-15(2-4-18)19-12-29-14-34-19)21(16-10-27-13-28-11-16)22(33)30-17-5-7-23(25,26)8-6-17/h1-4,10-14,17,21H,5-9H2,(H,30,33). The van der Waals surface area contributed by atoms with Crippen LogP contribution in [0, 0.1) is 0 Å². The number of thiazole rings is 1. The lowest BCUT2D eigenvalue weighted by Gasteiger charge is -2.34. The number of carbonyl (C=O) groups is 2. The Bertz CT molecular complexity index is 1110. The number of nitrogens with zero attached hydrogens (tertiary/aromatic N) is 4. The molecule has 1 unspecified atom stereocenters. The number of aromatic nitrogens is 3. The molecule has 1 aromatic carbocycles. The van der Waals surface area contributed by atoms with Gasteiger partial charge in [0.15, 0.2) is 0 Å². The number of alkyl halides is 3. The van der Waals surface area contributed by atoms with Crippen LogP contribution in [0.25, 0.3) is 10.4 Å². The predicted molar refractivity (Wildman–Crippen MR) is 126 cm³/mol.